The Balaban J connectivity index is 1.71. The van der Waals surface area contributed by atoms with E-state index in [9.17, 15) is 4.21 Å². The van der Waals surface area contributed by atoms with Gasteiger partial charge in [-0.25, -0.2) is 9.97 Å². The zero-order valence-electron chi connectivity index (χ0n) is 13.8. The first kappa shape index (κ1) is 15.3. The van der Waals surface area contributed by atoms with Crippen LogP contribution in [0.5, 0.6) is 0 Å². The highest BCUT2D eigenvalue weighted by Crippen LogP contribution is 2.23. The van der Waals surface area contributed by atoms with Gasteiger partial charge in [0.1, 0.15) is 18.0 Å². The lowest BCUT2D eigenvalue weighted by Crippen LogP contribution is -2.47. The molecule has 0 spiro atoms. The molecule has 1 aromatic carbocycles. The molecule has 1 fully saturated rings. The van der Waals surface area contributed by atoms with Crippen molar-refractivity contribution in [3.63, 3.8) is 0 Å². The lowest BCUT2D eigenvalue weighted by Gasteiger charge is -2.35. The number of nitrogens with zero attached hydrogens (tertiary/aromatic N) is 4. The van der Waals surface area contributed by atoms with Crippen molar-refractivity contribution in [3.8, 4) is 5.82 Å². The molecule has 1 aliphatic heterocycles. The molecule has 2 unspecified atom stereocenters. The molecular formula is C18H20N4OS. The van der Waals surface area contributed by atoms with Gasteiger partial charge in [-0.15, -0.1) is 0 Å². The number of anilines is 1. The molecule has 5 nitrogen and oxygen atoms in total. The molecule has 3 heterocycles. The smallest absolute Gasteiger partial charge is 0.140 e. The second kappa shape index (κ2) is 6.02. The van der Waals surface area contributed by atoms with E-state index in [0.29, 0.717) is 0 Å². The van der Waals surface area contributed by atoms with Crippen LogP contribution in [0.3, 0.4) is 0 Å². The fourth-order valence-corrected chi connectivity index (χ4v) is 4.74. The monoisotopic (exact) mass is 340 g/mol. The van der Waals surface area contributed by atoms with Crippen LogP contribution >= 0.6 is 0 Å². The average Bonchev–Trinajstić information content (AvgIpc) is 3.03. The maximum absolute atomic E-state index is 12.2. The van der Waals surface area contributed by atoms with E-state index in [4.69, 9.17) is 4.98 Å². The van der Waals surface area contributed by atoms with Gasteiger partial charge in [0.05, 0.1) is 11.0 Å². The maximum atomic E-state index is 12.2. The Labute approximate surface area is 143 Å². The number of benzene rings is 1. The van der Waals surface area contributed by atoms with E-state index in [-0.39, 0.29) is 10.5 Å². The molecule has 2 aromatic heterocycles. The molecule has 2 atom stereocenters. The summed E-state index contributed by atoms with van der Waals surface area (Å²) < 4.78 is 14.2. The first-order valence-corrected chi connectivity index (χ1v) is 9.45. The van der Waals surface area contributed by atoms with Gasteiger partial charge in [0.2, 0.25) is 0 Å². The fraction of sp³-hybridized carbons (Fsp3) is 0.333. The van der Waals surface area contributed by atoms with Crippen LogP contribution in [0, 0.1) is 0 Å². The third kappa shape index (κ3) is 2.60. The largest absolute Gasteiger partial charge is 0.354 e. The summed E-state index contributed by atoms with van der Waals surface area (Å²) in [6, 6.07) is 14.1. The van der Waals surface area contributed by atoms with Crippen molar-refractivity contribution in [2.24, 2.45) is 0 Å². The molecule has 0 N–H and O–H groups in total. The van der Waals surface area contributed by atoms with Crippen molar-refractivity contribution < 1.29 is 4.21 Å². The van der Waals surface area contributed by atoms with Gasteiger partial charge in [-0.1, -0.05) is 18.2 Å². The summed E-state index contributed by atoms with van der Waals surface area (Å²) in [5.74, 6) is 1.79. The first-order valence-electron chi connectivity index (χ1n) is 8.17. The minimum atomic E-state index is -0.762. The van der Waals surface area contributed by atoms with Gasteiger partial charge in [-0.2, -0.15) is 0 Å². The van der Waals surface area contributed by atoms with Crippen LogP contribution in [0.1, 0.15) is 13.8 Å². The SMILES string of the molecule is CC1CN(c2cccc(-n3cnc4ccccc43)n2)CC(C)S1=O. The zero-order chi connectivity index (χ0) is 16.7. The predicted octanol–water partition coefficient (Wildman–Crippen LogP) is 2.77. The van der Waals surface area contributed by atoms with Gasteiger partial charge >= 0.3 is 0 Å². The lowest BCUT2D eigenvalue weighted by molar-refractivity contribution is 0.628. The molecular weight excluding hydrogens is 320 g/mol. The Morgan fingerprint density at radius 1 is 1.00 bits per heavy atom. The van der Waals surface area contributed by atoms with Crippen LogP contribution in [-0.4, -0.2) is 42.3 Å². The minimum absolute atomic E-state index is 0.160. The lowest BCUT2D eigenvalue weighted by atomic mass is 10.3. The Morgan fingerprint density at radius 2 is 1.71 bits per heavy atom. The Bertz CT molecular complexity index is 893. The summed E-state index contributed by atoms with van der Waals surface area (Å²) in [4.78, 5) is 11.5. The van der Waals surface area contributed by atoms with Crippen molar-refractivity contribution in [2.75, 3.05) is 18.0 Å². The molecule has 0 radical (unpaired) electrons. The number of aromatic nitrogens is 3. The van der Waals surface area contributed by atoms with Crippen LogP contribution in [0.4, 0.5) is 5.82 Å². The summed E-state index contributed by atoms with van der Waals surface area (Å²) in [7, 11) is -0.762. The molecule has 0 amide bonds. The average molecular weight is 340 g/mol. The fourth-order valence-electron chi connectivity index (χ4n) is 3.29. The van der Waals surface area contributed by atoms with Gasteiger partial charge < -0.3 is 4.90 Å². The third-order valence-corrected chi connectivity index (χ3v) is 6.38. The quantitative estimate of drug-likeness (QED) is 0.720. The second-order valence-corrected chi connectivity index (χ2v) is 8.58. The van der Waals surface area contributed by atoms with Crippen molar-refractivity contribution in [1.82, 2.24) is 14.5 Å². The highest BCUT2D eigenvalue weighted by molar-refractivity contribution is 7.86. The summed E-state index contributed by atoms with van der Waals surface area (Å²) in [6.45, 7) is 5.65. The number of para-hydroxylation sites is 2. The standard InChI is InChI=1S/C18H20N4OS/c1-13-10-21(11-14(2)24(13)23)17-8-5-9-18(20-17)22-12-19-15-6-3-4-7-16(15)22/h3-9,12-14H,10-11H2,1-2H3. The Morgan fingerprint density at radius 3 is 2.50 bits per heavy atom. The second-order valence-electron chi connectivity index (χ2n) is 6.31. The van der Waals surface area contributed by atoms with E-state index in [0.717, 1.165) is 35.8 Å². The molecule has 4 rings (SSSR count). The van der Waals surface area contributed by atoms with Crippen molar-refractivity contribution >= 4 is 27.7 Å². The van der Waals surface area contributed by atoms with E-state index in [1.54, 1.807) is 0 Å². The zero-order valence-corrected chi connectivity index (χ0v) is 14.6. The van der Waals surface area contributed by atoms with Crippen LogP contribution < -0.4 is 4.90 Å². The number of rotatable bonds is 2. The van der Waals surface area contributed by atoms with Crippen LogP contribution in [0.2, 0.25) is 0 Å². The van der Waals surface area contributed by atoms with Gasteiger partial charge in [0, 0.05) is 34.4 Å². The van der Waals surface area contributed by atoms with E-state index in [1.807, 2.05) is 67.2 Å². The van der Waals surface area contributed by atoms with Crippen molar-refractivity contribution in [2.45, 2.75) is 24.3 Å². The van der Waals surface area contributed by atoms with Gasteiger partial charge in [0.25, 0.3) is 0 Å². The van der Waals surface area contributed by atoms with Gasteiger partial charge in [-0.05, 0) is 38.1 Å². The minimum Gasteiger partial charge on any atom is -0.354 e. The number of hydrogen-bond donors (Lipinski definition) is 0. The number of hydrogen-bond acceptors (Lipinski definition) is 4. The van der Waals surface area contributed by atoms with Crippen molar-refractivity contribution in [1.29, 1.82) is 0 Å². The van der Waals surface area contributed by atoms with E-state index >= 15 is 0 Å². The van der Waals surface area contributed by atoms with Crippen molar-refractivity contribution in [3.05, 3.63) is 48.8 Å². The number of fused-ring (bicyclic) bond motifs is 1. The highest BCUT2D eigenvalue weighted by atomic mass is 32.2. The molecule has 1 aliphatic rings. The summed E-state index contributed by atoms with van der Waals surface area (Å²) in [5, 5.41) is 0.321. The summed E-state index contributed by atoms with van der Waals surface area (Å²) in [6.07, 6.45) is 1.81. The molecule has 24 heavy (non-hydrogen) atoms. The molecule has 1 saturated heterocycles. The first-order chi connectivity index (χ1) is 11.6. The normalized spacial score (nSPS) is 24.4. The predicted molar refractivity (Wildman–Crippen MR) is 98.1 cm³/mol. The van der Waals surface area contributed by atoms with Crippen LogP contribution in [0.25, 0.3) is 16.9 Å². The molecule has 0 aliphatic carbocycles. The summed E-state index contributed by atoms with van der Waals surface area (Å²) >= 11 is 0. The van der Waals surface area contributed by atoms with Gasteiger partial charge in [-0.3, -0.25) is 8.78 Å². The Kier molecular flexibility index (Phi) is 3.84. The van der Waals surface area contributed by atoms with E-state index in [2.05, 4.69) is 9.88 Å². The topological polar surface area (TPSA) is 51.0 Å². The number of pyridine rings is 1. The van der Waals surface area contributed by atoms with E-state index in [1.165, 1.54) is 0 Å². The Hall–Kier alpha value is -2.21. The van der Waals surface area contributed by atoms with Crippen LogP contribution in [0.15, 0.2) is 48.8 Å². The highest BCUT2D eigenvalue weighted by Gasteiger charge is 2.29. The molecule has 3 aromatic rings. The summed E-state index contributed by atoms with van der Waals surface area (Å²) in [5.41, 5.74) is 2.00. The molecule has 6 heteroatoms. The molecule has 0 saturated carbocycles. The van der Waals surface area contributed by atoms with Crippen LogP contribution in [-0.2, 0) is 10.8 Å². The van der Waals surface area contributed by atoms with Gasteiger partial charge in [0.15, 0.2) is 0 Å². The molecule has 124 valence electrons. The molecule has 0 bridgehead atoms. The maximum Gasteiger partial charge on any atom is 0.140 e. The number of imidazole rings is 1. The third-order valence-electron chi connectivity index (χ3n) is 4.49. The van der Waals surface area contributed by atoms with E-state index < -0.39 is 10.8 Å².